The van der Waals surface area contributed by atoms with Crippen LogP contribution in [0.3, 0.4) is 0 Å². The summed E-state index contributed by atoms with van der Waals surface area (Å²) in [6, 6.07) is 7.26. The molecule has 1 aromatic carbocycles. The lowest BCUT2D eigenvalue weighted by molar-refractivity contribution is -0.136. The summed E-state index contributed by atoms with van der Waals surface area (Å²) in [5.41, 5.74) is 1.70. The van der Waals surface area contributed by atoms with Gasteiger partial charge in [0.25, 0.3) is 0 Å². The Balaban J connectivity index is 2.65. The van der Waals surface area contributed by atoms with E-state index in [-0.39, 0.29) is 6.42 Å². The molecule has 15 heavy (non-hydrogen) atoms. The second-order valence-electron chi connectivity index (χ2n) is 3.04. The zero-order chi connectivity index (χ0) is 11.1. The van der Waals surface area contributed by atoms with Crippen molar-refractivity contribution in [1.82, 2.24) is 0 Å². The number of carbonyl (C=O) groups is 1. The van der Waals surface area contributed by atoms with Crippen LogP contribution in [0.2, 0.25) is 0 Å². The Hall–Kier alpha value is -1.40. The molecule has 0 aliphatic heterocycles. The number of rotatable bonds is 3. The third kappa shape index (κ3) is 4.57. The highest BCUT2D eigenvalue weighted by atomic mass is 32.1. The highest BCUT2D eigenvalue weighted by Gasteiger charge is 1.98. The van der Waals surface area contributed by atoms with Gasteiger partial charge in [-0.25, -0.2) is 0 Å². The average Bonchev–Trinajstić information content (AvgIpc) is 2.20. The van der Waals surface area contributed by atoms with E-state index < -0.39 is 5.97 Å². The van der Waals surface area contributed by atoms with Gasteiger partial charge in [-0.2, -0.15) is 12.6 Å². The number of hydrogen-bond donors (Lipinski definition) is 2. The second-order valence-corrected chi connectivity index (χ2v) is 3.49. The van der Waals surface area contributed by atoms with E-state index in [4.69, 9.17) is 5.11 Å². The molecule has 3 heteroatoms. The summed E-state index contributed by atoms with van der Waals surface area (Å²) in [5, 5.41) is 8.57. The summed E-state index contributed by atoms with van der Waals surface area (Å²) >= 11 is 4.05. The van der Waals surface area contributed by atoms with Crippen molar-refractivity contribution >= 4 is 18.6 Å². The minimum absolute atomic E-state index is 0.0599. The summed E-state index contributed by atoms with van der Waals surface area (Å²) in [6.07, 6.45) is 0.824. The average molecular weight is 220 g/mol. The van der Waals surface area contributed by atoms with Crippen LogP contribution in [0.25, 0.3) is 0 Å². The maximum atomic E-state index is 10.4. The Morgan fingerprint density at radius 3 is 2.53 bits per heavy atom. The topological polar surface area (TPSA) is 37.3 Å². The summed E-state index contributed by atoms with van der Waals surface area (Å²) in [7, 11) is 0. The molecule has 0 amide bonds. The van der Waals surface area contributed by atoms with Crippen molar-refractivity contribution in [3.05, 3.63) is 35.4 Å². The van der Waals surface area contributed by atoms with E-state index in [1.54, 1.807) is 12.1 Å². The third-order valence-corrected chi connectivity index (χ3v) is 2.00. The normalized spacial score (nSPS) is 9.13. The maximum absolute atomic E-state index is 10.4. The van der Waals surface area contributed by atoms with E-state index in [9.17, 15) is 4.79 Å². The summed E-state index contributed by atoms with van der Waals surface area (Å²) < 4.78 is 0. The molecule has 0 fully saturated rings. The first kappa shape index (κ1) is 11.7. The zero-order valence-electron chi connectivity index (χ0n) is 8.23. The zero-order valence-corrected chi connectivity index (χ0v) is 9.13. The lowest BCUT2D eigenvalue weighted by Gasteiger charge is -1.96. The van der Waals surface area contributed by atoms with Crippen LogP contribution in [0.15, 0.2) is 24.3 Å². The summed E-state index contributed by atoms with van der Waals surface area (Å²) in [5.74, 6) is 5.89. The van der Waals surface area contributed by atoms with Crippen molar-refractivity contribution in [2.75, 3.05) is 5.75 Å². The number of hydrogen-bond acceptors (Lipinski definition) is 2. The van der Waals surface area contributed by atoms with Gasteiger partial charge in [-0.1, -0.05) is 24.0 Å². The molecular formula is C12H12O2S. The standard InChI is InChI=1S/C12H12O2S/c13-12(14)9-11-6-4-10(5-7-11)3-1-2-8-15/h4-7,15H,2,8-9H2,(H,13,14). The number of benzene rings is 1. The van der Waals surface area contributed by atoms with Crippen molar-refractivity contribution in [3.8, 4) is 11.8 Å². The van der Waals surface area contributed by atoms with Crippen LogP contribution in [0.1, 0.15) is 17.5 Å². The summed E-state index contributed by atoms with van der Waals surface area (Å²) in [6.45, 7) is 0. The fourth-order valence-electron chi connectivity index (χ4n) is 1.10. The van der Waals surface area contributed by atoms with Gasteiger partial charge in [-0.05, 0) is 17.7 Å². The van der Waals surface area contributed by atoms with Crippen molar-refractivity contribution < 1.29 is 9.90 Å². The van der Waals surface area contributed by atoms with Gasteiger partial charge in [0.05, 0.1) is 6.42 Å². The van der Waals surface area contributed by atoms with E-state index in [2.05, 4.69) is 24.5 Å². The Kier molecular flexibility index (Phi) is 4.79. The van der Waals surface area contributed by atoms with Crippen LogP contribution >= 0.6 is 12.6 Å². The van der Waals surface area contributed by atoms with E-state index in [1.807, 2.05) is 12.1 Å². The number of thiol groups is 1. The molecule has 78 valence electrons. The molecular weight excluding hydrogens is 208 g/mol. The first-order valence-electron chi connectivity index (χ1n) is 4.63. The molecule has 0 aliphatic rings. The molecule has 0 heterocycles. The van der Waals surface area contributed by atoms with Crippen LogP contribution in [0, 0.1) is 11.8 Å². The third-order valence-electron chi connectivity index (χ3n) is 1.78. The molecule has 0 radical (unpaired) electrons. The molecule has 0 unspecified atom stereocenters. The molecule has 1 N–H and O–H groups in total. The highest BCUT2D eigenvalue weighted by Crippen LogP contribution is 2.04. The Morgan fingerprint density at radius 2 is 2.00 bits per heavy atom. The van der Waals surface area contributed by atoms with Gasteiger partial charge < -0.3 is 5.11 Å². The van der Waals surface area contributed by atoms with Gasteiger partial charge in [0.1, 0.15) is 0 Å². The Morgan fingerprint density at radius 1 is 1.33 bits per heavy atom. The van der Waals surface area contributed by atoms with E-state index in [1.165, 1.54) is 0 Å². The highest BCUT2D eigenvalue weighted by molar-refractivity contribution is 7.80. The molecule has 0 atom stereocenters. The first-order chi connectivity index (χ1) is 7.22. The molecule has 0 saturated heterocycles. The predicted octanol–water partition coefficient (Wildman–Crippen LogP) is 1.99. The smallest absolute Gasteiger partial charge is 0.307 e. The fraction of sp³-hybridized carbons (Fsp3) is 0.250. The maximum Gasteiger partial charge on any atom is 0.307 e. The van der Waals surface area contributed by atoms with E-state index >= 15 is 0 Å². The summed E-state index contributed by atoms with van der Waals surface area (Å²) in [4.78, 5) is 10.4. The van der Waals surface area contributed by atoms with Gasteiger partial charge in [-0.15, -0.1) is 0 Å². The van der Waals surface area contributed by atoms with Gasteiger partial charge in [0.2, 0.25) is 0 Å². The van der Waals surface area contributed by atoms with Crippen molar-refractivity contribution in [2.45, 2.75) is 12.8 Å². The van der Waals surface area contributed by atoms with E-state index in [0.717, 1.165) is 23.3 Å². The van der Waals surface area contributed by atoms with Crippen molar-refractivity contribution in [2.24, 2.45) is 0 Å². The second kappa shape index (κ2) is 6.15. The molecule has 0 bridgehead atoms. The molecule has 1 rings (SSSR count). The molecule has 0 saturated carbocycles. The molecule has 2 nitrogen and oxygen atoms in total. The molecule has 0 aliphatic carbocycles. The lowest BCUT2D eigenvalue weighted by atomic mass is 10.1. The molecule has 1 aromatic rings. The molecule has 0 spiro atoms. The van der Waals surface area contributed by atoms with Crippen LogP contribution in [0.4, 0.5) is 0 Å². The minimum atomic E-state index is -0.816. The van der Waals surface area contributed by atoms with Crippen LogP contribution < -0.4 is 0 Å². The van der Waals surface area contributed by atoms with Gasteiger partial charge in [0.15, 0.2) is 0 Å². The monoisotopic (exact) mass is 220 g/mol. The number of aliphatic carboxylic acids is 1. The predicted molar refractivity (Wildman–Crippen MR) is 63.1 cm³/mol. The van der Waals surface area contributed by atoms with Gasteiger partial charge in [-0.3, -0.25) is 4.79 Å². The van der Waals surface area contributed by atoms with E-state index in [0.29, 0.717) is 0 Å². The Labute approximate surface area is 94.7 Å². The largest absolute Gasteiger partial charge is 0.481 e. The minimum Gasteiger partial charge on any atom is -0.481 e. The molecule has 0 aromatic heterocycles. The van der Waals surface area contributed by atoms with Gasteiger partial charge in [0, 0.05) is 17.7 Å². The van der Waals surface area contributed by atoms with Crippen LogP contribution in [-0.4, -0.2) is 16.8 Å². The van der Waals surface area contributed by atoms with Crippen LogP contribution in [-0.2, 0) is 11.2 Å². The lowest BCUT2D eigenvalue weighted by Crippen LogP contribution is -1.99. The SMILES string of the molecule is O=C(O)Cc1ccc(C#CCCS)cc1. The quantitative estimate of drug-likeness (QED) is 0.604. The Bertz CT molecular complexity index is 384. The van der Waals surface area contributed by atoms with Crippen molar-refractivity contribution in [1.29, 1.82) is 0 Å². The van der Waals surface area contributed by atoms with Gasteiger partial charge >= 0.3 is 5.97 Å². The fourth-order valence-corrected chi connectivity index (χ4v) is 1.21. The number of carboxylic acids is 1. The van der Waals surface area contributed by atoms with Crippen LogP contribution in [0.5, 0.6) is 0 Å². The first-order valence-corrected chi connectivity index (χ1v) is 5.26. The number of carboxylic acid groups (broad SMARTS) is 1. The van der Waals surface area contributed by atoms with Crippen molar-refractivity contribution in [3.63, 3.8) is 0 Å².